The molecule has 2 amide bonds. The molecule has 0 spiro atoms. The van der Waals surface area contributed by atoms with Crippen LogP contribution in [0.1, 0.15) is 24.2 Å². The van der Waals surface area contributed by atoms with Gasteiger partial charge < -0.3 is 10.6 Å². The highest BCUT2D eigenvalue weighted by atomic mass is 35.5. The van der Waals surface area contributed by atoms with E-state index < -0.39 is 5.91 Å². The van der Waals surface area contributed by atoms with E-state index in [4.69, 9.17) is 17.3 Å². The molecule has 6 heteroatoms. The van der Waals surface area contributed by atoms with Crippen molar-refractivity contribution in [2.24, 2.45) is 5.73 Å². The van der Waals surface area contributed by atoms with Crippen molar-refractivity contribution in [2.45, 2.75) is 24.8 Å². The van der Waals surface area contributed by atoms with Crippen molar-refractivity contribution in [3.05, 3.63) is 28.8 Å². The minimum Gasteiger partial charge on any atom is -0.368 e. The first-order valence-electron chi connectivity index (χ1n) is 5.79. The van der Waals surface area contributed by atoms with Crippen molar-refractivity contribution in [1.82, 2.24) is 4.90 Å². The first-order chi connectivity index (χ1) is 8.86. The number of amides is 2. The number of benzene rings is 1. The molecule has 1 aromatic carbocycles. The average Bonchev–Trinajstić information content (AvgIpc) is 2.35. The standard InChI is InChI=1S/C13H17ClN2O2S/c1-8(2)16(7-12(15)17)13(18)10-6-9(19-3)4-5-11(10)14/h4-6,8H,7H2,1-3H3,(H2,15,17). The summed E-state index contributed by atoms with van der Waals surface area (Å²) in [6, 6.07) is 5.13. The van der Waals surface area contributed by atoms with E-state index in [2.05, 4.69) is 0 Å². The lowest BCUT2D eigenvalue weighted by Gasteiger charge is -2.25. The highest BCUT2D eigenvalue weighted by molar-refractivity contribution is 7.98. The number of hydrogen-bond donors (Lipinski definition) is 1. The van der Waals surface area contributed by atoms with E-state index in [-0.39, 0.29) is 18.5 Å². The summed E-state index contributed by atoms with van der Waals surface area (Å²) >= 11 is 7.58. The van der Waals surface area contributed by atoms with E-state index in [1.165, 1.54) is 16.7 Å². The molecule has 19 heavy (non-hydrogen) atoms. The molecule has 0 bridgehead atoms. The van der Waals surface area contributed by atoms with E-state index in [0.29, 0.717) is 10.6 Å². The summed E-state index contributed by atoms with van der Waals surface area (Å²) in [5.41, 5.74) is 5.56. The number of carbonyl (C=O) groups is 2. The summed E-state index contributed by atoms with van der Waals surface area (Å²) < 4.78 is 0. The molecule has 0 saturated carbocycles. The maximum absolute atomic E-state index is 12.4. The highest BCUT2D eigenvalue weighted by Gasteiger charge is 2.22. The van der Waals surface area contributed by atoms with E-state index in [1.54, 1.807) is 12.1 Å². The molecule has 1 aromatic rings. The summed E-state index contributed by atoms with van der Waals surface area (Å²) in [6.07, 6.45) is 1.92. The van der Waals surface area contributed by atoms with Crippen LogP contribution < -0.4 is 5.73 Å². The molecule has 104 valence electrons. The number of primary amides is 1. The van der Waals surface area contributed by atoms with E-state index in [1.807, 2.05) is 26.2 Å². The zero-order chi connectivity index (χ0) is 14.6. The van der Waals surface area contributed by atoms with E-state index in [9.17, 15) is 9.59 Å². The van der Waals surface area contributed by atoms with Gasteiger partial charge >= 0.3 is 0 Å². The van der Waals surface area contributed by atoms with Gasteiger partial charge in [-0.1, -0.05) is 11.6 Å². The Morgan fingerprint density at radius 2 is 2.05 bits per heavy atom. The van der Waals surface area contributed by atoms with Crippen LogP contribution in [0.4, 0.5) is 0 Å². The minimum atomic E-state index is -0.542. The third kappa shape index (κ3) is 4.14. The number of hydrogen-bond acceptors (Lipinski definition) is 3. The van der Waals surface area contributed by atoms with Gasteiger partial charge in [0.15, 0.2) is 0 Å². The van der Waals surface area contributed by atoms with E-state index in [0.717, 1.165) is 4.90 Å². The molecule has 0 fully saturated rings. The zero-order valence-electron chi connectivity index (χ0n) is 11.1. The normalized spacial score (nSPS) is 10.6. The van der Waals surface area contributed by atoms with Crippen molar-refractivity contribution in [1.29, 1.82) is 0 Å². The molecule has 0 aliphatic rings. The van der Waals surface area contributed by atoms with Gasteiger partial charge in [-0.05, 0) is 38.3 Å². The zero-order valence-corrected chi connectivity index (χ0v) is 12.7. The fourth-order valence-electron chi connectivity index (χ4n) is 1.61. The second kappa shape index (κ2) is 6.82. The van der Waals surface area contributed by atoms with Crippen LogP contribution in [0, 0.1) is 0 Å². The minimum absolute atomic E-state index is 0.115. The molecule has 4 nitrogen and oxygen atoms in total. The van der Waals surface area contributed by atoms with Crippen molar-refractivity contribution in [2.75, 3.05) is 12.8 Å². The van der Waals surface area contributed by atoms with Crippen molar-refractivity contribution >= 4 is 35.2 Å². The summed E-state index contributed by atoms with van der Waals surface area (Å²) in [7, 11) is 0. The fraction of sp³-hybridized carbons (Fsp3) is 0.385. The van der Waals surface area contributed by atoms with Gasteiger partial charge in [0.05, 0.1) is 17.1 Å². The summed E-state index contributed by atoms with van der Waals surface area (Å²) in [5.74, 6) is -0.825. The Hall–Kier alpha value is -1.20. The largest absolute Gasteiger partial charge is 0.368 e. The number of rotatable bonds is 5. The van der Waals surface area contributed by atoms with E-state index >= 15 is 0 Å². The molecule has 0 atom stereocenters. The van der Waals surface area contributed by atoms with Crippen LogP contribution >= 0.6 is 23.4 Å². The lowest BCUT2D eigenvalue weighted by atomic mass is 10.1. The smallest absolute Gasteiger partial charge is 0.256 e. The summed E-state index contributed by atoms with van der Waals surface area (Å²) in [4.78, 5) is 25.8. The lowest BCUT2D eigenvalue weighted by molar-refractivity contribution is -0.119. The second-order valence-electron chi connectivity index (χ2n) is 4.34. The summed E-state index contributed by atoms with van der Waals surface area (Å²) in [6.45, 7) is 3.54. The molecular weight excluding hydrogens is 284 g/mol. The van der Waals surface area contributed by atoms with Crippen LogP contribution in [0.2, 0.25) is 5.02 Å². The second-order valence-corrected chi connectivity index (χ2v) is 5.63. The molecule has 1 rings (SSSR count). The topological polar surface area (TPSA) is 63.4 Å². The van der Waals surface area contributed by atoms with Gasteiger partial charge in [0.1, 0.15) is 0 Å². The SMILES string of the molecule is CSc1ccc(Cl)c(C(=O)N(CC(N)=O)C(C)C)c1. The molecule has 2 N–H and O–H groups in total. The molecule has 0 radical (unpaired) electrons. The predicted molar refractivity (Wildman–Crippen MR) is 78.6 cm³/mol. The Kier molecular flexibility index (Phi) is 5.69. The van der Waals surface area contributed by atoms with Crippen LogP contribution in [0.3, 0.4) is 0 Å². The third-order valence-electron chi connectivity index (χ3n) is 2.61. The van der Waals surface area contributed by atoms with Gasteiger partial charge in [-0.15, -0.1) is 11.8 Å². The van der Waals surface area contributed by atoms with Gasteiger partial charge in [-0.3, -0.25) is 9.59 Å². The quantitative estimate of drug-likeness (QED) is 0.849. The maximum Gasteiger partial charge on any atom is 0.256 e. The Morgan fingerprint density at radius 3 is 2.53 bits per heavy atom. The number of carbonyl (C=O) groups excluding carboxylic acids is 2. The lowest BCUT2D eigenvalue weighted by Crippen LogP contribution is -2.42. The fourth-order valence-corrected chi connectivity index (χ4v) is 2.24. The van der Waals surface area contributed by atoms with Gasteiger partial charge in [0.2, 0.25) is 5.91 Å². The van der Waals surface area contributed by atoms with Crippen molar-refractivity contribution in [3.63, 3.8) is 0 Å². The molecule has 0 unspecified atom stereocenters. The number of halogens is 1. The monoisotopic (exact) mass is 300 g/mol. The van der Waals surface area contributed by atoms with Crippen molar-refractivity contribution < 1.29 is 9.59 Å². The van der Waals surface area contributed by atoms with Crippen LogP contribution in [0.25, 0.3) is 0 Å². The number of nitrogens with two attached hydrogens (primary N) is 1. The number of thioether (sulfide) groups is 1. The average molecular weight is 301 g/mol. The molecule has 0 aliphatic heterocycles. The van der Waals surface area contributed by atoms with Gasteiger partial charge in [0, 0.05) is 10.9 Å². The molecule has 0 saturated heterocycles. The van der Waals surface area contributed by atoms with Crippen LogP contribution in [-0.4, -0.2) is 35.6 Å². The Labute approximate surface area is 122 Å². The Balaban J connectivity index is 3.12. The number of nitrogens with zero attached hydrogens (tertiary/aromatic N) is 1. The van der Waals surface area contributed by atoms with Crippen molar-refractivity contribution in [3.8, 4) is 0 Å². The Bertz CT molecular complexity index is 492. The molecular formula is C13H17ClN2O2S. The van der Waals surface area contributed by atoms with Crippen LogP contribution in [-0.2, 0) is 4.79 Å². The highest BCUT2D eigenvalue weighted by Crippen LogP contribution is 2.24. The first-order valence-corrected chi connectivity index (χ1v) is 7.40. The van der Waals surface area contributed by atoms with Gasteiger partial charge in [-0.25, -0.2) is 0 Å². The van der Waals surface area contributed by atoms with Gasteiger partial charge in [-0.2, -0.15) is 0 Å². The molecule has 0 aliphatic carbocycles. The predicted octanol–water partition coefficient (Wildman–Crippen LogP) is 2.40. The van der Waals surface area contributed by atoms with Gasteiger partial charge in [0.25, 0.3) is 5.91 Å². The first kappa shape index (κ1) is 15.9. The summed E-state index contributed by atoms with van der Waals surface area (Å²) in [5, 5.41) is 0.373. The molecule has 0 heterocycles. The Morgan fingerprint density at radius 1 is 1.42 bits per heavy atom. The maximum atomic E-state index is 12.4. The molecule has 0 aromatic heterocycles. The third-order valence-corrected chi connectivity index (χ3v) is 3.67. The van der Waals surface area contributed by atoms with Crippen LogP contribution in [0.5, 0.6) is 0 Å². The van der Waals surface area contributed by atoms with Crippen LogP contribution in [0.15, 0.2) is 23.1 Å².